The zero-order chi connectivity index (χ0) is 19.8. The van der Waals surface area contributed by atoms with Crippen molar-refractivity contribution >= 4 is 18.3 Å². The highest BCUT2D eigenvalue weighted by Crippen LogP contribution is 2.27. The van der Waals surface area contributed by atoms with Gasteiger partial charge in [0.1, 0.15) is 5.75 Å². The third-order valence-electron chi connectivity index (χ3n) is 5.00. The number of rotatable bonds is 9. The minimum atomic E-state index is -0.149. The number of benzene rings is 2. The highest BCUT2D eigenvalue weighted by molar-refractivity contribution is 5.85. The number of amides is 1. The summed E-state index contributed by atoms with van der Waals surface area (Å²) in [4.78, 5) is 14.8. The van der Waals surface area contributed by atoms with Gasteiger partial charge < -0.3 is 19.5 Å². The molecule has 0 aliphatic carbocycles. The van der Waals surface area contributed by atoms with Gasteiger partial charge in [-0.25, -0.2) is 0 Å². The van der Waals surface area contributed by atoms with Gasteiger partial charge in [0, 0.05) is 6.54 Å². The number of ether oxygens (including phenoxy) is 3. The highest BCUT2D eigenvalue weighted by atomic mass is 35.5. The second kappa shape index (κ2) is 11.5. The van der Waals surface area contributed by atoms with E-state index in [2.05, 4.69) is 22.3 Å². The molecule has 0 saturated carbocycles. The number of nitrogens with zero attached hydrogens (tertiary/aromatic N) is 1. The molecule has 1 heterocycles. The van der Waals surface area contributed by atoms with Gasteiger partial charge in [-0.1, -0.05) is 24.3 Å². The molecule has 29 heavy (non-hydrogen) atoms. The molecule has 158 valence electrons. The van der Waals surface area contributed by atoms with Crippen LogP contribution in [0.4, 0.5) is 0 Å². The zero-order valence-electron chi connectivity index (χ0n) is 16.9. The Morgan fingerprint density at radius 2 is 1.66 bits per heavy atom. The van der Waals surface area contributed by atoms with Crippen LogP contribution in [0.1, 0.15) is 24.4 Å². The van der Waals surface area contributed by atoms with E-state index in [1.165, 1.54) is 18.4 Å². The fourth-order valence-corrected chi connectivity index (χ4v) is 3.48. The lowest BCUT2D eigenvalue weighted by Crippen LogP contribution is -2.38. The van der Waals surface area contributed by atoms with Crippen LogP contribution in [-0.2, 0) is 4.79 Å². The second-order valence-electron chi connectivity index (χ2n) is 6.78. The number of hydrogen-bond donors (Lipinski definition) is 1. The number of hydrogen-bond acceptors (Lipinski definition) is 5. The average Bonchev–Trinajstić information content (AvgIpc) is 3.27. The largest absolute Gasteiger partial charge is 0.497 e. The second-order valence-corrected chi connectivity index (χ2v) is 6.78. The topological polar surface area (TPSA) is 60.0 Å². The molecule has 1 fully saturated rings. The summed E-state index contributed by atoms with van der Waals surface area (Å²) >= 11 is 0. The Hall–Kier alpha value is -2.44. The minimum Gasteiger partial charge on any atom is -0.497 e. The molecule has 2 aromatic carbocycles. The molecule has 1 unspecified atom stereocenters. The van der Waals surface area contributed by atoms with E-state index >= 15 is 0 Å². The van der Waals surface area contributed by atoms with Crippen LogP contribution in [0.15, 0.2) is 48.5 Å². The van der Waals surface area contributed by atoms with E-state index in [4.69, 9.17) is 14.2 Å². The van der Waals surface area contributed by atoms with Crippen molar-refractivity contribution in [3.63, 3.8) is 0 Å². The molecule has 1 aliphatic heterocycles. The lowest BCUT2D eigenvalue weighted by molar-refractivity contribution is -0.123. The summed E-state index contributed by atoms with van der Waals surface area (Å²) in [5.74, 6) is 1.86. The standard InChI is InChI=1S/C22H28N2O4.ClH/c1-26-18-11-9-17(10-12-18)19(24-13-5-6-14-24)15-23-22(25)16-28-21-8-4-3-7-20(21)27-2;/h3-4,7-12,19H,5-6,13-16H2,1-2H3,(H,23,25);1H. The van der Waals surface area contributed by atoms with Crippen molar-refractivity contribution in [1.29, 1.82) is 0 Å². The van der Waals surface area contributed by atoms with E-state index in [9.17, 15) is 4.79 Å². The summed E-state index contributed by atoms with van der Waals surface area (Å²) in [5, 5.41) is 3.02. The number of likely N-dealkylation sites (tertiary alicyclic amines) is 1. The van der Waals surface area contributed by atoms with Gasteiger partial charge in [0.15, 0.2) is 18.1 Å². The quantitative estimate of drug-likeness (QED) is 0.673. The Bertz CT molecular complexity index is 764. The molecule has 0 radical (unpaired) electrons. The molecular weight excluding hydrogens is 392 g/mol. The Morgan fingerprint density at radius 3 is 2.28 bits per heavy atom. The van der Waals surface area contributed by atoms with E-state index in [0.29, 0.717) is 18.0 Å². The predicted octanol–water partition coefficient (Wildman–Crippen LogP) is 3.46. The normalized spacial score (nSPS) is 14.6. The maximum Gasteiger partial charge on any atom is 0.258 e. The first kappa shape index (κ1) is 22.8. The number of carbonyl (C=O) groups is 1. The average molecular weight is 421 g/mol. The van der Waals surface area contributed by atoms with Gasteiger partial charge in [-0.15, -0.1) is 12.4 Å². The first-order valence-electron chi connectivity index (χ1n) is 9.62. The van der Waals surface area contributed by atoms with E-state index in [1.54, 1.807) is 26.4 Å². The molecule has 7 heteroatoms. The maximum atomic E-state index is 12.4. The number of halogens is 1. The number of methoxy groups -OCH3 is 2. The van der Waals surface area contributed by atoms with Crippen LogP contribution in [0.25, 0.3) is 0 Å². The van der Waals surface area contributed by atoms with Crippen LogP contribution in [0.5, 0.6) is 17.2 Å². The molecule has 6 nitrogen and oxygen atoms in total. The predicted molar refractivity (Wildman–Crippen MR) is 115 cm³/mol. The van der Waals surface area contributed by atoms with Crippen molar-refractivity contribution in [2.24, 2.45) is 0 Å². The Balaban J connectivity index is 0.00000300. The van der Waals surface area contributed by atoms with E-state index in [0.717, 1.165) is 18.8 Å². The van der Waals surface area contributed by atoms with Crippen LogP contribution in [0.3, 0.4) is 0 Å². The summed E-state index contributed by atoms with van der Waals surface area (Å²) in [6.45, 7) is 2.59. The molecule has 1 aliphatic rings. The van der Waals surface area contributed by atoms with Gasteiger partial charge in [-0.2, -0.15) is 0 Å². The van der Waals surface area contributed by atoms with Gasteiger partial charge in [0.25, 0.3) is 5.91 Å². The molecule has 0 aromatic heterocycles. The van der Waals surface area contributed by atoms with Gasteiger partial charge in [0.2, 0.25) is 0 Å². The molecule has 3 rings (SSSR count). The van der Waals surface area contributed by atoms with Crippen LogP contribution in [0, 0.1) is 0 Å². The van der Waals surface area contributed by atoms with Crippen LogP contribution >= 0.6 is 12.4 Å². The fourth-order valence-electron chi connectivity index (χ4n) is 3.48. The van der Waals surface area contributed by atoms with Gasteiger partial charge in [-0.05, 0) is 55.8 Å². The molecule has 0 bridgehead atoms. The van der Waals surface area contributed by atoms with E-state index < -0.39 is 0 Å². The lowest BCUT2D eigenvalue weighted by atomic mass is 10.1. The minimum absolute atomic E-state index is 0. The third-order valence-corrected chi connectivity index (χ3v) is 5.00. The maximum absolute atomic E-state index is 12.4. The Kier molecular flexibility index (Phi) is 9.09. The molecular formula is C22H29ClN2O4. The summed E-state index contributed by atoms with van der Waals surface area (Å²) in [7, 11) is 3.24. The molecule has 0 spiro atoms. The van der Waals surface area contributed by atoms with Crippen molar-refractivity contribution in [2.75, 3.05) is 40.5 Å². The first-order valence-corrected chi connectivity index (χ1v) is 9.62. The van der Waals surface area contributed by atoms with Gasteiger partial charge in [0.05, 0.1) is 20.3 Å². The lowest BCUT2D eigenvalue weighted by Gasteiger charge is -2.28. The number of nitrogens with one attached hydrogen (secondary N) is 1. The molecule has 2 aromatic rings. The molecule has 1 amide bonds. The van der Waals surface area contributed by atoms with Crippen molar-refractivity contribution in [3.8, 4) is 17.2 Å². The summed E-state index contributed by atoms with van der Waals surface area (Å²) in [5.41, 5.74) is 1.17. The smallest absolute Gasteiger partial charge is 0.258 e. The van der Waals surface area contributed by atoms with Gasteiger partial charge >= 0.3 is 0 Å². The highest BCUT2D eigenvalue weighted by Gasteiger charge is 2.24. The number of para-hydroxylation sites is 2. The fraction of sp³-hybridized carbons (Fsp3) is 0.409. The molecule has 1 saturated heterocycles. The van der Waals surface area contributed by atoms with Crippen molar-refractivity contribution in [1.82, 2.24) is 10.2 Å². The van der Waals surface area contributed by atoms with Crippen LogP contribution in [0.2, 0.25) is 0 Å². The van der Waals surface area contributed by atoms with Gasteiger partial charge in [-0.3, -0.25) is 9.69 Å². The first-order chi connectivity index (χ1) is 13.7. The van der Waals surface area contributed by atoms with Crippen molar-refractivity contribution in [2.45, 2.75) is 18.9 Å². The zero-order valence-corrected chi connectivity index (χ0v) is 17.7. The van der Waals surface area contributed by atoms with E-state index in [-0.39, 0.29) is 31.0 Å². The molecule has 1 atom stereocenters. The summed E-state index contributed by atoms with van der Waals surface area (Å²) in [6, 6.07) is 15.5. The summed E-state index contributed by atoms with van der Waals surface area (Å²) < 4.78 is 16.1. The third kappa shape index (κ3) is 6.27. The van der Waals surface area contributed by atoms with E-state index in [1.807, 2.05) is 24.3 Å². The van der Waals surface area contributed by atoms with Crippen LogP contribution < -0.4 is 19.5 Å². The molecule has 1 N–H and O–H groups in total. The Labute approximate surface area is 178 Å². The van der Waals surface area contributed by atoms with Crippen molar-refractivity contribution in [3.05, 3.63) is 54.1 Å². The summed E-state index contributed by atoms with van der Waals surface area (Å²) in [6.07, 6.45) is 2.38. The van der Waals surface area contributed by atoms with Crippen molar-refractivity contribution < 1.29 is 19.0 Å². The van der Waals surface area contributed by atoms with Crippen LogP contribution in [-0.4, -0.2) is 51.3 Å². The Morgan fingerprint density at radius 1 is 1.00 bits per heavy atom. The SMILES string of the molecule is COc1ccc(C(CNC(=O)COc2ccccc2OC)N2CCCC2)cc1.Cl. The number of carbonyl (C=O) groups excluding carboxylic acids is 1. The monoisotopic (exact) mass is 420 g/mol.